The zero-order chi connectivity index (χ0) is 71.4. The second-order valence-electron chi connectivity index (χ2n) is 27.9. The van der Waals surface area contributed by atoms with Crippen molar-refractivity contribution in [3.63, 3.8) is 0 Å². The number of benzene rings is 18. The Hall–Kier alpha value is -13.9. The topological polar surface area (TPSA) is 19.6 Å². The highest BCUT2D eigenvalue weighted by Crippen LogP contribution is 2.46. The molecule has 0 atom stereocenters. The Balaban J connectivity index is 0.615. The third-order valence-electron chi connectivity index (χ3n) is 21.4. The fraction of sp³-hybridized carbons (Fsp3) is 0. The monoisotopic (exact) mass is 1390 g/mol. The van der Waals surface area contributed by atoms with E-state index in [1.54, 1.807) is 0 Å². The average molecular weight is 1390 g/mol. The number of para-hydroxylation sites is 2. The van der Waals surface area contributed by atoms with Gasteiger partial charge in [-0.1, -0.05) is 303 Å². The van der Waals surface area contributed by atoms with E-state index in [4.69, 9.17) is 4.42 Å². The van der Waals surface area contributed by atoms with Gasteiger partial charge in [0.05, 0.1) is 0 Å². The molecule has 0 spiro atoms. The maximum Gasteiger partial charge on any atom is 0.143 e. The van der Waals surface area contributed by atoms with Crippen LogP contribution in [-0.4, -0.2) is 0 Å². The minimum Gasteiger partial charge on any atom is -0.455 e. The van der Waals surface area contributed by atoms with Crippen LogP contribution >= 0.6 is 11.3 Å². The number of furan rings is 1. The summed E-state index contributed by atoms with van der Waals surface area (Å²) < 4.78 is 9.18. The van der Waals surface area contributed by atoms with Gasteiger partial charge in [-0.2, -0.15) is 0 Å². The maximum atomic E-state index is 6.56. The second kappa shape index (κ2) is 27.3. The summed E-state index contributed by atoms with van der Waals surface area (Å²) in [4.78, 5) is 4.79. The second-order valence-corrected chi connectivity index (χ2v) is 29.0. The molecule has 20 aromatic rings. The van der Waals surface area contributed by atoms with E-state index in [9.17, 15) is 0 Å². The zero-order valence-corrected chi connectivity index (χ0v) is 59.8. The SMILES string of the molecule is c1ccc(-c2cccc(N(c3ccc(-c4cccc5c4sc4ccccc45)cc3)c3cccc(-c4cccc(-c5cccc6cc(-c7cccc(-c8cccc(N(c9ccc(-c%10cccc%11c%10oc%10ccccc%10%11)cc9)c9cccc(-c%10cccc(-c%11cccc%12ccccc%11%12)c%10)c9)c8)c7)ccc56)c4)c3)c2)cc1. The number of fused-ring (bicyclic) bond motifs is 8. The highest BCUT2D eigenvalue weighted by Gasteiger charge is 2.21. The largest absolute Gasteiger partial charge is 0.455 e. The van der Waals surface area contributed by atoms with Crippen LogP contribution in [0.25, 0.3) is 164 Å². The van der Waals surface area contributed by atoms with Crippen molar-refractivity contribution in [3.05, 3.63) is 413 Å². The summed E-state index contributed by atoms with van der Waals surface area (Å²) in [6, 6.07) is 151. The quantitative estimate of drug-likeness (QED) is 0.102. The number of hydrogen-bond donors (Lipinski definition) is 0. The lowest BCUT2D eigenvalue weighted by Gasteiger charge is -2.27. The van der Waals surface area contributed by atoms with E-state index in [0.717, 1.165) is 117 Å². The van der Waals surface area contributed by atoms with Crippen molar-refractivity contribution >= 4 is 109 Å². The molecule has 108 heavy (non-hydrogen) atoms. The summed E-state index contributed by atoms with van der Waals surface area (Å²) in [5.74, 6) is 0. The molecule has 0 fully saturated rings. The Kier molecular flexibility index (Phi) is 16.1. The molecule has 0 aliphatic carbocycles. The van der Waals surface area contributed by atoms with Gasteiger partial charge in [0.15, 0.2) is 0 Å². The standard InChI is InChI=1S/C104H68N2OS/c1-2-21-69(22-3-1)77-29-13-36-87(65-77)105(86-58-53-72(54-59-86)96-46-20-48-100-98-42-7-9-50-102(98)108-104(96)100)89-38-15-32-80(67-89)76-28-12-34-83(63-76)93-44-18-35-84-64-81(55-60-94(84)93)74-26-10-25-73(61-74)78-30-14-37-88(66-78)106(85-56-51-71(52-57-85)95-45-19-47-99-97-41-6-8-49-101(97)107-103(95)99)90-39-16-31-79(68-90)75-27-11-33-82(62-75)92-43-17-24-70-23-4-5-40-91(70)92/h1-68H. The van der Waals surface area contributed by atoms with Crippen LogP contribution in [0.2, 0.25) is 0 Å². The van der Waals surface area contributed by atoms with Crippen molar-refractivity contribution in [2.75, 3.05) is 9.80 Å². The van der Waals surface area contributed by atoms with Gasteiger partial charge >= 0.3 is 0 Å². The first-order valence-corrected chi connectivity index (χ1v) is 37.7. The summed E-state index contributed by atoms with van der Waals surface area (Å²) >= 11 is 1.87. The lowest BCUT2D eigenvalue weighted by atomic mass is 9.92. The van der Waals surface area contributed by atoms with Gasteiger partial charge in [-0.25, -0.2) is 0 Å². The molecule has 2 heterocycles. The van der Waals surface area contributed by atoms with Crippen molar-refractivity contribution < 1.29 is 4.42 Å². The predicted octanol–water partition coefficient (Wildman–Crippen LogP) is 30.2. The fourth-order valence-corrected chi connectivity index (χ4v) is 17.4. The van der Waals surface area contributed by atoms with Crippen molar-refractivity contribution in [1.29, 1.82) is 0 Å². The maximum absolute atomic E-state index is 6.56. The van der Waals surface area contributed by atoms with Crippen molar-refractivity contribution in [2.24, 2.45) is 0 Å². The van der Waals surface area contributed by atoms with Crippen LogP contribution in [0.3, 0.4) is 0 Å². The molecular formula is C104H68N2OS. The summed E-state index contributed by atoms with van der Waals surface area (Å²) in [6.45, 7) is 0. The fourth-order valence-electron chi connectivity index (χ4n) is 16.2. The normalized spacial score (nSPS) is 11.5. The van der Waals surface area contributed by atoms with Crippen LogP contribution < -0.4 is 9.80 Å². The van der Waals surface area contributed by atoms with E-state index in [1.165, 1.54) is 80.7 Å². The number of anilines is 6. The molecule has 2 aromatic heterocycles. The molecule has 0 radical (unpaired) electrons. The summed E-state index contributed by atoms with van der Waals surface area (Å²) in [5.41, 5.74) is 29.0. The average Bonchev–Trinajstić information content (AvgIpc) is 1.50. The van der Waals surface area contributed by atoms with Crippen LogP contribution in [0.5, 0.6) is 0 Å². The number of nitrogens with zero attached hydrogens (tertiary/aromatic N) is 2. The molecule has 18 aromatic carbocycles. The summed E-state index contributed by atoms with van der Waals surface area (Å²) in [6.07, 6.45) is 0. The lowest BCUT2D eigenvalue weighted by molar-refractivity contribution is 0.670. The van der Waals surface area contributed by atoms with E-state index < -0.39 is 0 Å². The first-order valence-electron chi connectivity index (χ1n) is 36.9. The van der Waals surface area contributed by atoms with E-state index in [1.807, 2.05) is 23.5 Å². The molecule has 4 heteroatoms. The molecule has 0 bridgehead atoms. The molecule has 20 rings (SSSR count). The van der Waals surface area contributed by atoms with Gasteiger partial charge in [0, 0.05) is 70.6 Å². The lowest BCUT2D eigenvalue weighted by Crippen LogP contribution is -2.10. The predicted molar refractivity (Wildman–Crippen MR) is 460 cm³/mol. The van der Waals surface area contributed by atoms with Crippen LogP contribution in [0.15, 0.2) is 417 Å². The molecular weight excluding hydrogens is 1330 g/mol. The van der Waals surface area contributed by atoms with Gasteiger partial charge in [0.1, 0.15) is 11.2 Å². The molecule has 0 aliphatic heterocycles. The Morgan fingerprint density at radius 1 is 0.185 bits per heavy atom. The third kappa shape index (κ3) is 11.8. The van der Waals surface area contributed by atoms with Gasteiger partial charge in [-0.05, 0) is 225 Å². The molecule has 3 nitrogen and oxygen atoms in total. The highest BCUT2D eigenvalue weighted by molar-refractivity contribution is 7.26. The minimum absolute atomic E-state index is 0.890. The van der Waals surface area contributed by atoms with Crippen molar-refractivity contribution in [3.8, 4) is 100 Å². The number of hydrogen-bond acceptors (Lipinski definition) is 4. The van der Waals surface area contributed by atoms with E-state index in [-0.39, 0.29) is 0 Å². The van der Waals surface area contributed by atoms with Crippen LogP contribution in [0.1, 0.15) is 0 Å². The number of rotatable bonds is 15. The molecule has 0 amide bonds. The first kappa shape index (κ1) is 63.8. The summed E-state index contributed by atoms with van der Waals surface area (Å²) in [5, 5.41) is 9.71. The third-order valence-corrected chi connectivity index (χ3v) is 22.6. The van der Waals surface area contributed by atoms with Gasteiger partial charge in [-0.3, -0.25) is 0 Å². The minimum atomic E-state index is 0.890. The molecule has 0 unspecified atom stereocenters. The van der Waals surface area contributed by atoms with E-state index >= 15 is 0 Å². The first-order chi connectivity index (χ1) is 53.5. The Morgan fingerprint density at radius 2 is 0.546 bits per heavy atom. The molecule has 506 valence electrons. The Bertz CT molecular complexity index is 6820. The van der Waals surface area contributed by atoms with Gasteiger partial charge in [0.2, 0.25) is 0 Å². The van der Waals surface area contributed by atoms with Gasteiger partial charge in [-0.15, -0.1) is 11.3 Å². The van der Waals surface area contributed by atoms with E-state index in [2.05, 4.69) is 410 Å². The molecule has 0 aliphatic rings. The number of thiophene rings is 1. The van der Waals surface area contributed by atoms with Gasteiger partial charge < -0.3 is 14.2 Å². The van der Waals surface area contributed by atoms with Crippen molar-refractivity contribution in [1.82, 2.24) is 0 Å². The molecule has 0 saturated carbocycles. The van der Waals surface area contributed by atoms with Crippen LogP contribution in [-0.2, 0) is 0 Å². The van der Waals surface area contributed by atoms with Crippen LogP contribution in [0, 0.1) is 0 Å². The zero-order valence-electron chi connectivity index (χ0n) is 59.0. The Morgan fingerprint density at radius 3 is 1.13 bits per heavy atom. The smallest absolute Gasteiger partial charge is 0.143 e. The van der Waals surface area contributed by atoms with Crippen LogP contribution in [0.4, 0.5) is 34.1 Å². The molecule has 0 saturated heterocycles. The van der Waals surface area contributed by atoms with E-state index in [0.29, 0.717) is 0 Å². The van der Waals surface area contributed by atoms with Crippen molar-refractivity contribution in [2.45, 2.75) is 0 Å². The summed E-state index contributed by atoms with van der Waals surface area (Å²) in [7, 11) is 0. The highest BCUT2D eigenvalue weighted by atomic mass is 32.1. The van der Waals surface area contributed by atoms with Gasteiger partial charge in [0.25, 0.3) is 0 Å². The molecule has 0 N–H and O–H groups in total. The Labute approximate surface area is 631 Å².